The fraction of sp³-hybridized carbons (Fsp3) is 1.00. The lowest BCUT2D eigenvalue weighted by Gasteiger charge is -2.02. The van der Waals surface area contributed by atoms with Gasteiger partial charge in [0.25, 0.3) is 0 Å². The molecule has 0 saturated carbocycles. The molecule has 7 heavy (non-hydrogen) atoms. The minimum Gasteiger partial charge on any atom is -0.569 e. The van der Waals surface area contributed by atoms with Crippen LogP contribution in [-0.2, 0) is 0 Å². The van der Waals surface area contributed by atoms with Crippen LogP contribution in [0.2, 0.25) is 0 Å². The largest absolute Gasteiger partial charge is 0.569 e. The average Bonchev–Trinajstić information content (AvgIpc) is 1.65. The molecule has 0 rings (SSSR count). The van der Waals surface area contributed by atoms with Crippen LogP contribution in [0.15, 0.2) is 5.28 Å². The monoisotopic (exact) mass is 105 g/mol. The molecule has 0 unspecified atom stereocenters. The number of hydrazine groups is 1. The Hall–Kier alpha value is -1.00. The molecule has 5 nitrogen and oxygen atoms in total. The van der Waals surface area contributed by atoms with Crippen molar-refractivity contribution in [2.24, 2.45) is 5.28 Å². The molecular weight excluding hydrogens is 98.0 g/mol. The van der Waals surface area contributed by atoms with Crippen LogP contribution in [-0.4, -0.2) is 29.3 Å². The van der Waals surface area contributed by atoms with E-state index in [1.807, 2.05) is 0 Å². The van der Waals surface area contributed by atoms with Gasteiger partial charge in [-0.3, -0.25) is 0 Å². The standard InChI is InChI=1S/C2H7N3O2/c1-4(2)5(7)3-6/h6H,1-2H3/b5-3+. The normalized spacial score (nSPS) is 11.4. The molecule has 0 amide bonds. The van der Waals surface area contributed by atoms with Gasteiger partial charge in [0.05, 0.1) is 19.1 Å². The molecule has 0 aliphatic rings. The van der Waals surface area contributed by atoms with Crippen LogP contribution in [0.5, 0.6) is 0 Å². The molecule has 0 aliphatic heterocycles. The summed E-state index contributed by atoms with van der Waals surface area (Å²) in [4.78, 5) is 0.0556. The number of hydrogen-bond donors (Lipinski definition) is 1. The summed E-state index contributed by atoms with van der Waals surface area (Å²) in [5.41, 5.74) is 0. The van der Waals surface area contributed by atoms with E-state index in [-0.39, 0.29) is 4.97 Å². The minimum atomic E-state index is 0.0556. The Morgan fingerprint density at radius 1 is 1.71 bits per heavy atom. The third kappa shape index (κ3) is 1.80. The van der Waals surface area contributed by atoms with Gasteiger partial charge in [-0.25, -0.2) is 0 Å². The molecule has 0 saturated heterocycles. The van der Waals surface area contributed by atoms with Crippen LogP contribution in [0, 0.1) is 5.21 Å². The van der Waals surface area contributed by atoms with Gasteiger partial charge in [-0.2, -0.15) is 5.01 Å². The lowest BCUT2D eigenvalue weighted by molar-refractivity contribution is -0.698. The number of nitrogens with zero attached hydrogens (tertiary/aromatic N) is 3. The van der Waals surface area contributed by atoms with E-state index in [9.17, 15) is 5.21 Å². The van der Waals surface area contributed by atoms with E-state index < -0.39 is 0 Å². The van der Waals surface area contributed by atoms with Crippen LogP contribution in [0.1, 0.15) is 0 Å². The Morgan fingerprint density at radius 3 is 2.14 bits per heavy atom. The van der Waals surface area contributed by atoms with E-state index in [0.717, 1.165) is 5.01 Å². The Kier molecular flexibility index (Phi) is 1.90. The molecule has 0 atom stereocenters. The highest BCUT2D eigenvalue weighted by Crippen LogP contribution is 1.73. The second-order valence-electron chi connectivity index (χ2n) is 1.19. The molecule has 0 aromatic carbocycles. The highest BCUT2D eigenvalue weighted by Gasteiger charge is 1.91. The molecule has 0 bridgehead atoms. The Bertz CT molecular complexity index is 79.0. The Labute approximate surface area is 41.0 Å². The van der Waals surface area contributed by atoms with Crippen molar-refractivity contribution in [1.82, 2.24) is 5.01 Å². The number of hydrogen-bond acceptors (Lipinski definition) is 2. The number of rotatable bonds is 1. The topological polar surface area (TPSA) is 61.9 Å². The molecular formula is C2H7N3O2. The van der Waals surface area contributed by atoms with E-state index in [2.05, 4.69) is 5.28 Å². The van der Waals surface area contributed by atoms with Gasteiger partial charge in [-0.15, -0.1) is 0 Å². The first-order chi connectivity index (χ1) is 3.18. The molecule has 0 aromatic heterocycles. The van der Waals surface area contributed by atoms with Crippen molar-refractivity contribution in [1.29, 1.82) is 0 Å². The van der Waals surface area contributed by atoms with Gasteiger partial charge in [-0.1, -0.05) is 0 Å². The van der Waals surface area contributed by atoms with Gasteiger partial charge in [-0.05, 0) is 0 Å². The van der Waals surface area contributed by atoms with Gasteiger partial charge < -0.3 is 10.4 Å². The molecule has 0 heterocycles. The molecule has 42 valence electrons. The summed E-state index contributed by atoms with van der Waals surface area (Å²) in [6, 6.07) is 0. The lowest BCUT2D eigenvalue weighted by atomic mass is 11.2. The van der Waals surface area contributed by atoms with Gasteiger partial charge >= 0.3 is 0 Å². The fourth-order valence-corrected chi connectivity index (χ4v) is 0.0800. The van der Waals surface area contributed by atoms with Crippen molar-refractivity contribution in [3.05, 3.63) is 5.21 Å². The minimum absolute atomic E-state index is 0.0556. The van der Waals surface area contributed by atoms with Gasteiger partial charge in [0.2, 0.25) is 5.28 Å². The molecule has 0 aliphatic carbocycles. The first-order valence-electron chi connectivity index (χ1n) is 1.68. The van der Waals surface area contributed by atoms with Crippen molar-refractivity contribution in [2.45, 2.75) is 0 Å². The first-order valence-corrected chi connectivity index (χ1v) is 1.68. The molecule has 5 heteroatoms. The van der Waals surface area contributed by atoms with E-state index in [1.54, 1.807) is 0 Å². The highest BCUT2D eigenvalue weighted by molar-refractivity contribution is 4.01. The van der Waals surface area contributed by atoms with Gasteiger partial charge in [0, 0.05) is 0 Å². The van der Waals surface area contributed by atoms with E-state index in [0.29, 0.717) is 0 Å². The first kappa shape index (κ1) is 6.00. The van der Waals surface area contributed by atoms with E-state index >= 15 is 0 Å². The lowest BCUT2D eigenvalue weighted by Crippen LogP contribution is -2.20. The van der Waals surface area contributed by atoms with Gasteiger partial charge in [0.1, 0.15) is 0 Å². The van der Waals surface area contributed by atoms with E-state index in [1.165, 1.54) is 14.1 Å². The maximum atomic E-state index is 9.94. The summed E-state index contributed by atoms with van der Waals surface area (Å²) in [5.74, 6) is 0. The second-order valence-corrected chi connectivity index (χ2v) is 1.19. The van der Waals surface area contributed by atoms with Crippen molar-refractivity contribution >= 4 is 0 Å². The van der Waals surface area contributed by atoms with Crippen LogP contribution in [0.25, 0.3) is 0 Å². The third-order valence-corrected chi connectivity index (χ3v) is 0.419. The van der Waals surface area contributed by atoms with Crippen molar-refractivity contribution in [2.75, 3.05) is 14.1 Å². The van der Waals surface area contributed by atoms with Crippen molar-refractivity contribution in [3.8, 4) is 0 Å². The summed E-state index contributed by atoms with van der Waals surface area (Å²) >= 11 is 0. The molecule has 0 aromatic rings. The van der Waals surface area contributed by atoms with Crippen molar-refractivity contribution in [3.63, 3.8) is 0 Å². The predicted molar refractivity (Wildman–Crippen MR) is 21.5 cm³/mol. The summed E-state index contributed by atoms with van der Waals surface area (Å²) in [7, 11) is 2.93. The predicted octanol–water partition coefficient (Wildman–Crippen LogP) is -0.185. The molecule has 1 N–H and O–H groups in total. The summed E-state index contributed by atoms with van der Waals surface area (Å²) < 4.78 is 0. The Morgan fingerprint density at radius 2 is 2.14 bits per heavy atom. The van der Waals surface area contributed by atoms with Crippen LogP contribution in [0.4, 0.5) is 0 Å². The SMILES string of the molecule is CN(C)/[N+]([O-])=N\O. The Balaban J connectivity index is 3.56. The summed E-state index contributed by atoms with van der Waals surface area (Å²) in [5, 5.41) is 21.0. The summed E-state index contributed by atoms with van der Waals surface area (Å²) in [6.07, 6.45) is 0. The van der Waals surface area contributed by atoms with Crippen molar-refractivity contribution < 1.29 is 10.2 Å². The van der Waals surface area contributed by atoms with Crippen LogP contribution >= 0.6 is 0 Å². The maximum absolute atomic E-state index is 9.94. The molecule has 0 fully saturated rings. The zero-order valence-electron chi connectivity index (χ0n) is 4.20. The average molecular weight is 105 g/mol. The molecule has 0 radical (unpaired) electrons. The second kappa shape index (κ2) is 2.22. The smallest absolute Gasteiger partial charge is 0.230 e. The maximum Gasteiger partial charge on any atom is 0.230 e. The highest BCUT2D eigenvalue weighted by atomic mass is 16.6. The third-order valence-electron chi connectivity index (χ3n) is 0.419. The van der Waals surface area contributed by atoms with E-state index in [4.69, 9.17) is 5.21 Å². The zero-order chi connectivity index (χ0) is 5.86. The zero-order valence-corrected chi connectivity index (χ0v) is 4.20. The molecule has 0 spiro atoms. The quantitative estimate of drug-likeness (QED) is 0.285. The van der Waals surface area contributed by atoms with Gasteiger partial charge in [0.15, 0.2) is 0 Å². The summed E-state index contributed by atoms with van der Waals surface area (Å²) in [6.45, 7) is 0. The van der Waals surface area contributed by atoms with Crippen LogP contribution in [0.3, 0.4) is 0 Å². The van der Waals surface area contributed by atoms with Crippen LogP contribution < -0.4 is 0 Å². The fourth-order valence-electron chi connectivity index (χ4n) is 0.0800.